The third-order valence-electron chi connectivity index (χ3n) is 2.52. The summed E-state index contributed by atoms with van der Waals surface area (Å²) in [6, 6.07) is 3.73. The van der Waals surface area contributed by atoms with E-state index < -0.39 is 11.3 Å². The van der Waals surface area contributed by atoms with Crippen LogP contribution in [-0.2, 0) is 0 Å². The van der Waals surface area contributed by atoms with Crippen LogP contribution in [0, 0.1) is 6.92 Å². The Morgan fingerprint density at radius 2 is 1.44 bits per heavy atom. The quantitative estimate of drug-likeness (QED) is 0.729. The summed E-state index contributed by atoms with van der Waals surface area (Å²) in [4.78, 5) is 22.2. The van der Waals surface area contributed by atoms with Crippen LogP contribution in [0.25, 0.3) is 11.2 Å². The van der Waals surface area contributed by atoms with Gasteiger partial charge in [0, 0.05) is 5.56 Å². The molecule has 0 unspecified atom stereocenters. The van der Waals surface area contributed by atoms with Crippen molar-refractivity contribution >= 4 is 11.2 Å². The first-order valence-electron chi connectivity index (χ1n) is 6.08. The number of aryl methyl sites for hydroxylation is 1. The van der Waals surface area contributed by atoms with E-state index in [4.69, 9.17) is 8.83 Å². The Morgan fingerprint density at radius 1 is 0.944 bits per heavy atom. The van der Waals surface area contributed by atoms with Crippen molar-refractivity contribution in [1.29, 1.82) is 0 Å². The summed E-state index contributed by atoms with van der Waals surface area (Å²) in [6.07, 6.45) is 0. The first kappa shape index (κ1) is 14.2. The van der Waals surface area contributed by atoms with Gasteiger partial charge in [-0.25, -0.2) is 9.59 Å². The minimum absolute atomic E-state index is 0.193. The number of benzene rings is 1. The van der Waals surface area contributed by atoms with Crippen molar-refractivity contribution in [3.63, 3.8) is 0 Å². The second kappa shape index (κ2) is 5.67. The fourth-order valence-corrected chi connectivity index (χ4v) is 1.63. The van der Waals surface area contributed by atoms with Crippen LogP contribution in [-0.4, -0.2) is 0 Å². The van der Waals surface area contributed by atoms with Gasteiger partial charge in [-0.2, -0.15) is 0 Å². The molecule has 0 radical (unpaired) electrons. The average molecular weight is 250 g/mol. The Hall–Kier alpha value is -1.84. The molecule has 4 heteroatoms. The molecule has 0 N–H and O–H groups in total. The molecule has 0 saturated heterocycles. The molecule has 0 saturated carbocycles. The molecule has 4 nitrogen and oxygen atoms in total. The Morgan fingerprint density at radius 3 is 1.94 bits per heavy atom. The van der Waals surface area contributed by atoms with E-state index in [1.807, 2.05) is 39.8 Å². The molecule has 0 atom stereocenters. The molecule has 0 fully saturated rings. The Labute approximate surface area is 105 Å². The van der Waals surface area contributed by atoms with Crippen molar-refractivity contribution in [1.82, 2.24) is 0 Å². The van der Waals surface area contributed by atoms with Crippen molar-refractivity contribution < 1.29 is 8.83 Å². The van der Waals surface area contributed by atoms with Gasteiger partial charge in [-0.1, -0.05) is 39.8 Å². The minimum atomic E-state index is -0.962. The van der Waals surface area contributed by atoms with E-state index in [2.05, 4.69) is 0 Å². The van der Waals surface area contributed by atoms with E-state index >= 15 is 0 Å². The van der Waals surface area contributed by atoms with Crippen molar-refractivity contribution in [2.45, 2.75) is 40.5 Å². The van der Waals surface area contributed by atoms with Crippen LogP contribution < -0.4 is 11.3 Å². The van der Waals surface area contributed by atoms with E-state index in [0.717, 1.165) is 11.1 Å². The molecule has 0 spiro atoms. The molecular weight excluding hydrogens is 232 g/mol. The molecule has 1 aromatic heterocycles. The standard InChI is InChI=1S/C12H12O4.C2H6/c1-6(2)8-5-4-7(3)9-10(8)16-12(14)11(13)15-9;1-2/h4-6H,1-3H3;1-2H3. The number of hydrogen-bond acceptors (Lipinski definition) is 4. The molecule has 0 aliphatic rings. The molecule has 2 rings (SSSR count). The molecule has 2 aromatic rings. The van der Waals surface area contributed by atoms with E-state index in [0.29, 0.717) is 11.2 Å². The molecule has 18 heavy (non-hydrogen) atoms. The van der Waals surface area contributed by atoms with Crippen LogP contribution in [0.2, 0.25) is 0 Å². The maximum absolute atomic E-state index is 11.1. The van der Waals surface area contributed by atoms with Crippen LogP contribution in [0.5, 0.6) is 0 Å². The van der Waals surface area contributed by atoms with Crippen molar-refractivity contribution in [3.8, 4) is 0 Å². The van der Waals surface area contributed by atoms with Crippen molar-refractivity contribution in [2.24, 2.45) is 0 Å². The predicted molar refractivity (Wildman–Crippen MR) is 71.2 cm³/mol. The maximum Gasteiger partial charge on any atom is 0.423 e. The Kier molecular flexibility index (Phi) is 4.48. The van der Waals surface area contributed by atoms with Gasteiger partial charge in [-0.05, 0) is 18.4 Å². The van der Waals surface area contributed by atoms with E-state index in [-0.39, 0.29) is 5.92 Å². The van der Waals surface area contributed by atoms with E-state index in [1.54, 1.807) is 6.92 Å². The van der Waals surface area contributed by atoms with Gasteiger partial charge < -0.3 is 8.83 Å². The summed E-state index contributed by atoms with van der Waals surface area (Å²) in [5.74, 6) is 0.193. The molecule has 0 aliphatic heterocycles. The number of hydrogen-bond donors (Lipinski definition) is 0. The summed E-state index contributed by atoms with van der Waals surface area (Å²) in [7, 11) is 0. The summed E-state index contributed by atoms with van der Waals surface area (Å²) in [5, 5.41) is 0. The monoisotopic (exact) mass is 250 g/mol. The number of rotatable bonds is 1. The van der Waals surface area contributed by atoms with Gasteiger partial charge in [0.2, 0.25) is 0 Å². The highest BCUT2D eigenvalue weighted by molar-refractivity contribution is 5.77. The highest BCUT2D eigenvalue weighted by Gasteiger charge is 2.13. The lowest BCUT2D eigenvalue weighted by molar-refractivity contribution is 0.444. The van der Waals surface area contributed by atoms with Crippen LogP contribution in [0.3, 0.4) is 0 Å². The van der Waals surface area contributed by atoms with Gasteiger partial charge in [0.05, 0.1) is 0 Å². The Balaban J connectivity index is 0.000000771. The van der Waals surface area contributed by atoms with Crippen molar-refractivity contribution in [3.05, 3.63) is 44.1 Å². The summed E-state index contributed by atoms with van der Waals surface area (Å²) in [6.45, 7) is 9.76. The molecule has 0 bridgehead atoms. The Bertz CT molecular complexity index is 647. The first-order valence-corrected chi connectivity index (χ1v) is 6.08. The zero-order valence-corrected chi connectivity index (χ0v) is 11.4. The molecular formula is C14H18O4. The van der Waals surface area contributed by atoms with Crippen LogP contribution in [0.1, 0.15) is 44.7 Å². The van der Waals surface area contributed by atoms with E-state index in [1.165, 1.54) is 0 Å². The molecule has 1 heterocycles. The third-order valence-corrected chi connectivity index (χ3v) is 2.52. The highest BCUT2D eigenvalue weighted by Crippen LogP contribution is 2.25. The van der Waals surface area contributed by atoms with Gasteiger partial charge in [-0.15, -0.1) is 0 Å². The lowest BCUT2D eigenvalue weighted by atomic mass is 10.0. The van der Waals surface area contributed by atoms with Crippen LogP contribution in [0.15, 0.2) is 30.6 Å². The second-order valence-electron chi connectivity index (χ2n) is 4.06. The van der Waals surface area contributed by atoms with E-state index in [9.17, 15) is 9.59 Å². The maximum atomic E-state index is 11.1. The fraction of sp³-hybridized carbons (Fsp3) is 0.429. The minimum Gasteiger partial charge on any atom is -0.414 e. The third kappa shape index (κ3) is 2.53. The molecule has 0 aliphatic carbocycles. The zero-order valence-electron chi connectivity index (χ0n) is 11.4. The topological polar surface area (TPSA) is 60.4 Å². The first-order chi connectivity index (χ1) is 8.50. The van der Waals surface area contributed by atoms with Gasteiger partial charge in [-0.3, -0.25) is 0 Å². The summed E-state index contributed by atoms with van der Waals surface area (Å²) >= 11 is 0. The zero-order chi connectivity index (χ0) is 13.9. The molecule has 0 amide bonds. The van der Waals surface area contributed by atoms with Crippen LogP contribution in [0.4, 0.5) is 0 Å². The summed E-state index contributed by atoms with van der Waals surface area (Å²) in [5.41, 5.74) is 0.452. The second-order valence-corrected chi connectivity index (χ2v) is 4.06. The predicted octanol–water partition coefficient (Wildman–Crippen LogP) is 3.20. The lowest BCUT2D eigenvalue weighted by Gasteiger charge is -2.08. The molecule has 1 aromatic carbocycles. The molecule has 98 valence electrons. The highest BCUT2D eigenvalue weighted by atomic mass is 16.5. The van der Waals surface area contributed by atoms with Crippen LogP contribution >= 0.6 is 0 Å². The van der Waals surface area contributed by atoms with Crippen molar-refractivity contribution in [2.75, 3.05) is 0 Å². The fourth-order valence-electron chi connectivity index (χ4n) is 1.63. The van der Waals surface area contributed by atoms with Gasteiger partial charge in [0.25, 0.3) is 0 Å². The largest absolute Gasteiger partial charge is 0.423 e. The SMILES string of the molecule is CC.Cc1ccc(C(C)C)c2oc(=O)c(=O)oc12. The van der Waals surface area contributed by atoms with Gasteiger partial charge >= 0.3 is 11.3 Å². The smallest absolute Gasteiger partial charge is 0.414 e. The normalized spacial score (nSPS) is 10.3. The van der Waals surface area contributed by atoms with Gasteiger partial charge in [0.15, 0.2) is 11.2 Å². The lowest BCUT2D eigenvalue weighted by Crippen LogP contribution is -2.21. The summed E-state index contributed by atoms with van der Waals surface area (Å²) < 4.78 is 9.96. The van der Waals surface area contributed by atoms with Gasteiger partial charge in [0.1, 0.15) is 0 Å². The average Bonchev–Trinajstić information content (AvgIpc) is 2.34. The number of fused-ring (bicyclic) bond motifs is 1.